The van der Waals surface area contributed by atoms with E-state index >= 15 is 0 Å². The molecule has 0 saturated heterocycles. The summed E-state index contributed by atoms with van der Waals surface area (Å²) in [5, 5.41) is 4.54. The van der Waals surface area contributed by atoms with Crippen molar-refractivity contribution in [1.82, 2.24) is 0 Å². The molecule has 72 valence electrons. The third kappa shape index (κ3) is 3.12. The van der Waals surface area contributed by atoms with E-state index in [1.807, 2.05) is 19.1 Å². The summed E-state index contributed by atoms with van der Waals surface area (Å²) in [6.45, 7) is 2.03. The van der Waals surface area contributed by atoms with Crippen LogP contribution in [0.25, 0.3) is 0 Å². The zero-order chi connectivity index (χ0) is 10.4. The molecule has 1 aromatic rings. The Kier molecular flexibility index (Phi) is 4.03. The summed E-state index contributed by atoms with van der Waals surface area (Å²) in [4.78, 5) is 4.85. The molecule has 0 amide bonds. The minimum absolute atomic E-state index is 0.185. The van der Waals surface area contributed by atoms with Crippen molar-refractivity contribution in [3.05, 3.63) is 34.9 Å². The Balaban J connectivity index is 2.70. The maximum absolute atomic E-state index is 5.75. The summed E-state index contributed by atoms with van der Waals surface area (Å²) in [6, 6.07) is 7.36. The highest BCUT2D eigenvalue weighted by atomic mass is 35.5. The predicted octanol–water partition coefficient (Wildman–Crippen LogP) is 2.71. The lowest BCUT2D eigenvalue weighted by molar-refractivity contribution is 0.180. The van der Waals surface area contributed by atoms with Gasteiger partial charge >= 0.3 is 0 Å². The molecule has 3 heteroatoms. The molecule has 0 aromatic heterocycles. The van der Waals surface area contributed by atoms with Gasteiger partial charge in [-0.25, -0.2) is 0 Å². The normalized spacial score (nSPS) is 10.8. The van der Waals surface area contributed by atoms with E-state index in [1.165, 1.54) is 0 Å². The Bertz CT molecular complexity index is 362. The van der Waals surface area contributed by atoms with Gasteiger partial charge in [0.1, 0.15) is 0 Å². The molecule has 0 radical (unpaired) electrons. The van der Waals surface area contributed by atoms with Gasteiger partial charge in [0.25, 0.3) is 0 Å². The number of oxime groups is 1. The molecule has 1 aromatic carbocycles. The van der Waals surface area contributed by atoms with E-state index in [2.05, 4.69) is 11.1 Å². The summed E-state index contributed by atoms with van der Waals surface area (Å²) in [5.74, 6) is 2.33. The molecule has 0 unspecified atom stereocenters. The van der Waals surface area contributed by atoms with Crippen LogP contribution in [0.5, 0.6) is 0 Å². The Morgan fingerprint density at radius 3 is 2.71 bits per heavy atom. The van der Waals surface area contributed by atoms with Crippen molar-refractivity contribution in [1.29, 1.82) is 0 Å². The van der Waals surface area contributed by atoms with Gasteiger partial charge in [-0.1, -0.05) is 34.8 Å². The van der Waals surface area contributed by atoms with E-state index in [1.54, 1.807) is 12.1 Å². The van der Waals surface area contributed by atoms with E-state index < -0.39 is 0 Å². The van der Waals surface area contributed by atoms with E-state index in [9.17, 15) is 0 Å². The molecular weight excluding hydrogens is 198 g/mol. The second-order valence-electron chi connectivity index (χ2n) is 2.66. The van der Waals surface area contributed by atoms with Gasteiger partial charge in [0.05, 0.1) is 5.71 Å². The van der Waals surface area contributed by atoms with Gasteiger partial charge in [-0.2, -0.15) is 0 Å². The molecule has 0 N–H and O–H groups in total. The lowest BCUT2D eigenvalue weighted by Crippen LogP contribution is -1.96. The van der Waals surface area contributed by atoms with E-state index in [4.69, 9.17) is 22.9 Å². The SMILES string of the molecule is C#CCO/N=C(/C)c1ccc(Cl)cc1. The molecule has 0 aliphatic rings. The van der Waals surface area contributed by atoms with Crippen molar-refractivity contribution in [2.45, 2.75) is 6.92 Å². The lowest BCUT2D eigenvalue weighted by atomic mass is 10.1. The first-order valence-electron chi connectivity index (χ1n) is 4.10. The molecule has 0 saturated carbocycles. The molecule has 0 aliphatic carbocycles. The first-order chi connectivity index (χ1) is 6.74. The number of benzene rings is 1. The van der Waals surface area contributed by atoms with Crippen LogP contribution in [0.15, 0.2) is 29.4 Å². The van der Waals surface area contributed by atoms with Crippen molar-refractivity contribution < 1.29 is 4.84 Å². The van der Waals surface area contributed by atoms with Gasteiger partial charge in [-0.05, 0) is 24.6 Å². The molecule has 0 atom stereocenters. The van der Waals surface area contributed by atoms with Crippen molar-refractivity contribution in [3.8, 4) is 12.3 Å². The highest BCUT2D eigenvalue weighted by Gasteiger charge is 1.96. The zero-order valence-corrected chi connectivity index (χ0v) is 8.58. The molecule has 2 nitrogen and oxygen atoms in total. The molecule has 1 rings (SSSR count). The fourth-order valence-corrected chi connectivity index (χ4v) is 1.04. The van der Waals surface area contributed by atoms with E-state index in [0.717, 1.165) is 11.3 Å². The molecule has 0 heterocycles. The summed E-state index contributed by atoms with van der Waals surface area (Å²) >= 11 is 5.75. The van der Waals surface area contributed by atoms with Crippen LogP contribution in [-0.4, -0.2) is 12.3 Å². The number of hydrogen-bond acceptors (Lipinski definition) is 2. The minimum Gasteiger partial charge on any atom is -0.382 e. The Morgan fingerprint density at radius 2 is 2.14 bits per heavy atom. The van der Waals surface area contributed by atoms with Crippen LogP contribution < -0.4 is 0 Å². The van der Waals surface area contributed by atoms with Gasteiger partial charge in [-0.15, -0.1) is 6.42 Å². The highest BCUT2D eigenvalue weighted by Crippen LogP contribution is 2.10. The number of rotatable bonds is 3. The standard InChI is InChI=1S/C11H10ClNO/c1-3-8-14-13-9(2)10-4-6-11(12)7-5-10/h1,4-7H,8H2,2H3/b13-9-. The molecule has 0 bridgehead atoms. The summed E-state index contributed by atoms with van der Waals surface area (Å²) < 4.78 is 0. The second kappa shape index (κ2) is 5.31. The van der Waals surface area contributed by atoms with Crippen LogP contribution in [0.2, 0.25) is 5.02 Å². The summed E-state index contributed by atoms with van der Waals surface area (Å²) in [7, 11) is 0. The van der Waals surface area contributed by atoms with Crippen LogP contribution in [0, 0.1) is 12.3 Å². The van der Waals surface area contributed by atoms with Gasteiger partial charge < -0.3 is 4.84 Å². The average Bonchev–Trinajstić information content (AvgIpc) is 2.19. The van der Waals surface area contributed by atoms with Crippen LogP contribution in [0.4, 0.5) is 0 Å². The molecule has 0 spiro atoms. The summed E-state index contributed by atoms with van der Waals surface area (Å²) in [6.07, 6.45) is 5.01. The van der Waals surface area contributed by atoms with Crippen molar-refractivity contribution in [2.75, 3.05) is 6.61 Å². The number of terminal acetylenes is 1. The van der Waals surface area contributed by atoms with Crippen LogP contribution in [0.3, 0.4) is 0 Å². The monoisotopic (exact) mass is 207 g/mol. The first kappa shape index (κ1) is 10.6. The molecule has 14 heavy (non-hydrogen) atoms. The smallest absolute Gasteiger partial charge is 0.177 e. The molecular formula is C11H10ClNO. The average molecular weight is 208 g/mol. The maximum Gasteiger partial charge on any atom is 0.177 e. The molecule has 0 fully saturated rings. The van der Waals surface area contributed by atoms with Gasteiger partial charge in [-0.3, -0.25) is 0 Å². The van der Waals surface area contributed by atoms with E-state index in [0.29, 0.717) is 5.02 Å². The van der Waals surface area contributed by atoms with Crippen molar-refractivity contribution >= 4 is 17.3 Å². The van der Waals surface area contributed by atoms with Gasteiger partial charge in [0.2, 0.25) is 0 Å². The lowest BCUT2D eigenvalue weighted by Gasteiger charge is -1.99. The quantitative estimate of drug-likeness (QED) is 0.323. The third-order valence-electron chi connectivity index (χ3n) is 1.61. The Labute approximate surface area is 88.5 Å². The largest absolute Gasteiger partial charge is 0.382 e. The minimum atomic E-state index is 0.185. The number of halogens is 1. The second-order valence-corrected chi connectivity index (χ2v) is 3.10. The topological polar surface area (TPSA) is 21.6 Å². The van der Waals surface area contributed by atoms with Crippen molar-refractivity contribution in [2.24, 2.45) is 5.16 Å². The van der Waals surface area contributed by atoms with Crippen molar-refractivity contribution in [3.63, 3.8) is 0 Å². The van der Waals surface area contributed by atoms with E-state index in [-0.39, 0.29) is 6.61 Å². The number of nitrogens with zero attached hydrogens (tertiary/aromatic N) is 1. The van der Waals surface area contributed by atoms with Crippen LogP contribution in [-0.2, 0) is 4.84 Å². The van der Waals surface area contributed by atoms with Crippen LogP contribution in [0.1, 0.15) is 12.5 Å². The summed E-state index contributed by atoms with van der Waals surface area (Å²) in [5.41, 5.74) is 1.74. The third-order valence-corrected chi connectivity index (χ3v) is 1.86. The predicted molar refractivity (Wildman–Crippen MR) is 58.4 cm³/mol. The number of hydrogen-bond donors (Lipinski definition) is 0. The molecule has 0 aliphatic heterocycles. The van der Waals surface area contributed by atoms with Crippen LogP contribution >= 0.6 is 11.6 Å². The van der Waals surface area contributed by atoms with Gasteiger partial charge in [0, 0.05) is 5.02 Å². The Morgan fingerprint density at radius 1 is 1.50 bits per heavy atom. The fraction of sp³-hybridized carbons (Fsp3) is 0.182. The Hall–Kier alpha value is -1.46. The van der Waals surface area contributed by atoms with Gasteiger partial charge in [0.15, 0.2) is 6.61 Å². The fourth-order valence-electron chi connectivity index (χ4n) is 0.910. The highest BCUT2D eigenvalue weighted by molar-refractivity contribution is 6.30. The first-order valence-corrected chi connectivity index (χ1v) is 4.48. The zero-order valence-electron chi connectivity index (χ0n) is 7.83. The maximum atomic E-state index is 5.75.